The number of carbonyl (C=O) groups is 2. The number of carbonyl (C=O) groups excluding carboxylic acids is 2. The molecule has 4 amide bonds. The fraction of sp³-hybridized carbons (Fsp3) is 0.533. The zero-order chi connectivity index (χ0) is 61.9. The second-order valence-corrected chi connectivity index (χ2v) is 26.4. The van der Waals surface area contributed by atoms with E-state index in [-0.39, 0.29) is 137 Å². The Hall–Kier alpha value is -5.92. The molecule has 88 heavy (non-hydrogen) atoms. The number of piperazine rings is 2. The number of fused-ring (bicyclic) bond motifs is 2. The smallest absolute Gasteiger partial charge is 0.315 e. The van der Waals surface area contributed by atoms with Gasteiger partial charge >= 0.3 is 12.1 Å². The summed E-state index contributed by atoms with van der Waals surface area (Å²) in [5.74, 6) is 1.00. The molecule has 0 spiro atoms. The van der Waals surface area contributed by atoms with Gasteiger partial charge in [-0.2, -0.15) is 10.5 Å². The molecule has 0 bridgehead atoms. The maximum absolute atomic E-state index is 13.1. The predicted molar refractivity (Wildman–Crippen MR) is 329 cm³/mol. The molecule has 9 rings (SSSR count). The normalized spacial score (nSPS) is 21.3. The summed E-state index contributed by atoms with van der Waals surface area (Å²) >= 11 is 12.8. The SMILES string of the molecule is N#Cc1cc(Cl)cc2c1C[C@H](N1CCNCC1)[C@H]2Oc1ccc(S(=O)(=O)NCCOCCOCCNC(=O)N[C@H]2CC[C@H](NC(=O)NCCOCCOCCNS(=O)(=O)c3ccc(O[C@H]4c5cc(Cl)cc(C#N)c5C[C@@H]4N4CCNCC4)cc3)CC2)cc1. The Balaban J connectivity index is 0.553. The van der Waals surface area contributed by atoms with Gasteiger partial charge in [0.15, 0.2) is 0 Å². The van der Waals surface area contributed by atoms with Crippen LogP contribution in [0.15, 0.2) is 82.6 Å². The van der Waals surface area contributed by atoms with Crippen molar-refractivity contribution in [3.05, 3.63) is 116 Å². The molecule has 1 saturated carbocycles. The summed E-state index contributed by atoms with van der Waals surface area (Å²) in [6.45, 7) is 9.17. The van der Waals surface area contributed by atoms with Gasteiger partial charge in [0.05, 0.1) is 98.0 Å². The zero-order valence-electron chi connectivity index (χ0n) is 49.0. The number of hydrogen-bond acceptors (Lipinski definition) is 18. The zero-order valence-corrected chi connectivity index (χ0v) is 52.2. The highest BCUT2D eigenvalue weighted by Gasteiger charge is 2.42. The minimum Gasteiger partial charge on any atom is -0.484 e. The number of halogens is 2. The van der Waals surface area contributed by atoms with Crippen LogP contribution in [0.1, 0.15) is 71.3 Å². The van der Waals surface area contributed by atoms with E-state index in [0.717, 1.165) is 74.6 Å². The molecule has 2 heterocycles. The summed E-state index contributed by atoms with van der Waals surface area (Å²) in [6, 6.07) is 23.5. The second kappa shape index (κ2) is 32.7. The summed E-state index contributed by atoms with van der Waals surface area (Å²) in [6.07, 6.45) is 3.33. The van der Waals surface area contributed by atoms with Crippen molar-refractivity contribution in [2.45, 2.75) is 84.7 Å². The van der Waals surface area contributed by atoms with Gasteiger partial charge < -0.3 is 60.3 Å². The minimum atomic E-state index is -3.83. The van der Waals surface area contributed by atoms with Crippen LogP contribution in [0.2, 0.25) is 10.0 Å². The quantitative estimate of drug-likeness (QED) is 0.0344. The number of rotatable bonds is 30. The number of hydrogen-bond donors (Lipinski definition) is 8. The molecule has 0 radical (unpaired) electrons. The lowest BCUT2D eigenvalue weighted by molar-refractivity contribution is 0.0515. The van der Waals surface area contributed by atoms with Crippen molar-refractivity contribution >= 4 is 55.3 Å². The first-order valence-electron chi connectivity index (χ1n) is 29.9. The van der Waals surface area contributed by atoms with Gasteiger partial charge in [-0.05, 0) is 134 Å². The third kappa shape index (κ3) is 18.6. The van der Waals surface area contributed by atoms with Gasteiger partial charge in [-0.25, -0.2) is 35.9 Å². The second-order valence-electron chi connectivity index (χ2n) is 22.0. The number of nitriles is 2. The monoisotopic (exact) mass is 1290 g/mol. The van der Waals surface area contributed by atoms with Crippen molar-refractivity contribution in [3.8, 4) is 23.6 Å². The first-order valence-corrected chi connectivity index (χ1v) is 33.7. The fourth-order valence-electron chi connectivity index (χ4n) is 11.8. The fourth-order valence-corrected chi connectivity index (χ4v) is 14.3. The number of benzene rings is 4. The molecular weight excluding hydrogens is 1220 g/mol. The summed E-state index contributed by atoms with van der Waals surface area (Å²) in [5.41, 5.74) is 4.68. The molecule has 2 aliphatic heterocycles. The molecule has 3 fully saturated rings. The standard InChI is InChI=1S/C60H78Cl2N12O12S2/c61-43-33-41(39-63)51-37-55(73-21-13-65-14-22-73)57(53(51)35-43)85-47-5-9-49(10-6-47)87(77,78)69-19-27-83-31-29-81-25-17-67-59(75)71-45-1-2-46(4-3-45)72-60(76)68-18-26-82-30-32-84-28-20-70-88(79,80)50-11-7-48(8-12-50)86-58-54-36-44(62)34-42(40-64)52(54)38-56(58)74-23-15-66-16-24-74/h5-12,33-36,45-46,55-58,65-66,69-70H,1-4,13-32,37-38H2,(H2,67,71,75)(H2,68,72,76)/t45-,46-,55-,56-,57-,58-/m0/s1. The van der Waals surface area contributed by atoms with Crippen LogP contribution in [-0.2, 0) is 51.8 Å². The van der Waals surface area contributed by atoms with Crippen molar-refractivity contribution in [1.82, 2.24) is 51.1 Å². The Morgan fingerprint density at radius 2 is 0.875 bits per heavy atom. The number of amides is 4. The number of nitrogens with one attached hydrogen (secondary N) is 8. The lowest BCUT2D eigenvalue weighted by Gasteiger charge is -2.36. The average Bonchev–Trinajstić information content (AvgIpc) is 2.40. The Morgan fingerprint density at radius 1 is 0.523 bits per heavy atom. The van der Waals surface area contributed by atoms with Crippen molar-refractivity contribution in [3.63, 3.8) is 0 Å². The Labute approximate surface area is 525 Å². The third-order valence-corrected chi connectivity index (χ3v) is 19.6. The first kappa shape index (κ1) is 66.5. The van der Waals surface area contributed by atoms with Crippen LogP contribution in [0.25, 0.3) is 0 Å². The van der Waals surface area contributed by atoms with Gasteiger partial charge in [0, 0.05) is 101 Å². The van der Waals surface area contributed by atoms with E-state index in [2.05, 4.69) is 63.3 Å². The van der Waals surface area contributed by atoms with Gasteiger partial charge in [0.2, 0.25) is 20.0 Å². The highest BCUT2D eigenvalue weighted by molar-refractivity contribution is 7.89. The van der Waals surface area contributed by atoms with Crippen LogP contribution in [0.5, 0.6) is 11.5 Å². The maximum Gasteiger partial charge on any atom is 0.315 e. The molecule has 476 valence electrons. The number of sulfonamides is 2. The Bertz CT molecular complexity index is 3070. The molecule has 4 aromatic carbocycles. The molecule has 4 aromatic rings. The topological polar surface area (TPSA) is 308 Å². The minimum absolute atomic E-state index is 0.00513. The van der Waals surface area contributed by atoms with E-state index in [1.54, 1.807) is 36.4 Å². The van der Waals surface area contributed by atoms with Crippen LogP contribution in [0, 0.1) is 22.7 Å². The number of urea groups is 2. The molecular formula is C60H78Cl2N12O12S2. The van der Waals surface area contributed by atoms with Crippen LogP contribution in [0.3, 0.4) is 0 Å². The number of nitrogens with zero attached hydrogens (tertiary/aromatic N) is 4. The molecule has 2 saturated heterocycles. The lowest BCUT2D eigenvalue weighted by Crippen LogP contribution is -2.50. The molecule has 24 nitrogen and oxygen atoms in total. The van der Waals surface area contributed by atoms with Crippen molar-refractivity contribution in [1.29, 1.82) is 10.5 Å². The molecule has 8 N–H and O–H groups in total. The van der Waals surface area contributed by atoms with Gasteiger partial charge in [-0.1, -0.05) is 23.2 Å². The van der Waals surface area contributed by atoms with E-state index in [9.17, 15) is 36.9 Å². The highest BCUT2D eigenvalue weighted by Crippen LogP contribution is 2.43. The summed E-state index contributed by atoms with van der Waals surface area (Å²) in [7, 11) is -7.65. The van der Waals surface area contributed by atoms with Crippen molar-refractivity contribution in [2.24, 2.45) is 0 Å². The van der Waals surface area contributed by atoms with Crippen LogP contribution >= 0.6 is 23.2 Å². The molecule has 0 unspecified atom stereocenters. The summed E-state index contributed by atoms with van der Waals surface area (Å²) in [4.78, 5) is 30.0. The van der Waals surface area contributed by atoms with Gasteiger partial charge in [0.1, 0.15) is 23.7 Å². The number of ether oxygens (including phenoxy) is 6. The first-order chi connectivity index (χ1) is 42.7. The molecule has 28 heteroatoms. The van der Waals surface area contributed by atoms with E-state index < -0.39 is 20.0 Å². The predicted octanol–water partition coefficient (Wildman–Crippen LogP) is 3.87. The van der Waals surface area contributed by atoms with E-state index in [0.29, 0.717) is 71.2 Å². The molecule has 0 aromatic heterocycles. The molecule has 3 aliphatic carbocycles. The van der Waals surface area contributed by atoms with Crippen LogP contribution in [-0.4, -0.2) is 194 Å². The van der Waals surface area contributed by atoms with Gasteiger partial charge in [0.25, 0.3) is 0 Å². The Morgan fingerprint density at radius 3 is 1.23 bits per heavy atom. The summed E-state index contributed by atoms with van der Waals surface area (Å²) < 4.78 is 92.7. The van der Waals surface area contributed by atoms with Crippen LogP contribution < -0.4 is 50.8 Å². The van der Waals surface area contributed by atoms with Crippen molar-refractivity contribution in [2.75, 3.05) is 131 Å². The van der Waals surface area contributed by atoms with E-state index in [1.807, 2.05) is 12.1 Å². The maximum atomic E-state index is 13.1. The average molecular weight is 1290 g/mol. The van der Waals surface area contributed by atoms with Crippen molar-refractivity contribution < 1.29 is 54.8 Å². The Kier molecular flexibility index (Phi) is 24.7. The lowest BCUT2D eigenvalue weighted by atomic mass is 9.91. The highest BCUT2D eigenvalue weighted by atomic mass is 35.5. The summed E-state index contributed by atoms with van der Waals surface area (Å²) in [5, 5.41) is 38.9. The molecule has 5 aliphatic rings. The van der Waals surface area contributed by atoms with Gasteiger partial charge in [-0.3, -0.25) is 9.80 Å². The van der Waals surface area contributed by atoms with Gasteiger partial charge in [-0.15, -0.1) is 0 Å². The third-order valence-electron chi connectivity index (χ3n) is 16.2. The van der Waals surface area contributed by atoms with E-state index in [1.165, 1.54) is 24.3 Å². The van der Waals surface area contributed by atoms with Crippen LogP contribution in [0.4, 0.5) is 9.59 Å². The van der Waals surface area contributed by atoms with E-state index in [4.69, 9.17) is 51.6 Å². The van der Waals surface area contributed by atoms with E-state index >= 15 is 0 Å². The largest absolute Gasteiger partial charge is 0.484 e. The molecule has 4 atom stereocenters.